The van der Waals surface area contributed by atoms with Crippen molar-refractivity contribution in [3.63, 3.8) is 0 Å². The summed E-state index contributed by atoms with van der Waals surface area (Å²) in [5.41, 5.74) is 2.60. The number of imidazole rings is 1. The molecule has 0 aliphatic heterocycles. The number of aliphatic hydroxyl groups excluding tert-OH is 1. The topological polar surface area (TPSA) is 38.0 Å². The second-order valence-corrected chi connectivity index (χ2v) is 5.00. The van der Waals surface area contributed by atoms with Crippen molar-refractivity contribution < 1.29 is 5.11 Å². The Bertz CT molecular complexity index is 785. The van der Waals surface area contributed by atoms with E-state index in [1.165, 1.54) is 0 Å². The van der Waals surface area contributed by atoms with Crippen molar-refractivity contribution >= 4 is 0 Å². The van der Waals surface area contributed by atoms with Gasteiger partial charge in [-0.3, -0.25) is 0 Å². The third-order valence-electron chi connectivity index (χ3n) is 3.50. The zero-order valence-electron chi connectivity index (χ0n) is 12.1. The molecule has 0 spiro atoms. The quantitative estimate of drug-likeness (QED) is 0.748. The Labute approximate surface area is 129 Å². The Morgan fingerprint density at radius 2 is 1.68 bits per heavy atom. The molecule has 0 saturated carbocycles. The minimum absolute atomic E-state index is 0.374. The van der Waals surface area contributed by atoms with Gasteiger partial charge in [0.25, 0.3) is 0 Å². The monoisotopic (exact) mass is 288 g/mol. The molecule has 3 aromatic rings. The van der Waals surface area contributed by atoms with Crippen molar-refractivity contribution in [1.82, 2.24) is 9.55 Å². The lowest BCUT2D eigenvalue weighted by molar-refractivity contribution is 0.205. The lowest BCUT2D eigenvalue weighted by Crippen LogP contribution is -2.09. The van der Waals surface area contributed by atoms with Crippen LogP contribution in [0.25, 0.3) is 11.3 Å². The first-order valence-corrected chi connectivity index (χ1v) is 7.08. The molecule has 3 nitrogen and oxygen atoms in total. The van der Waals surface area contributed by atoms with E-state index in [0.29, 0.717) is 12.4 Å². The fourth-order valence-electron chi connectivity index (χ4n) is 2.41. The molecule has 3 heteroatoms. The summed E-state index contributed by atoms with van der Waals surface area (Å²) in [6.07, 6.45) is 6.52. The Morgan fingerprint density at radius 1 is 1.05 bits per heavy atom. The molecule has 0 aliphatic carbocycles. The van der Waals surface area contributed by atoms with Crippen molar-refractivity contribution in [2.24, 2.45) is 0 Å². The zero-order chi connectivity index (χ0) is 15.4. The standard InChI is InChI=1S/C19H16N2O/c1-2-13-21-14-17(15-9-5-3-6-10-15)20-19(21)18(22)16-11-7-4-8-12-16/h1,3-12,14,18,22H,13H2/t18-/m1/s1. The van der Waals surface area contributed by atoms with Crippen LogP contribution in [0.5, 0.6) is 0 Å². The number of rotatable bonds is 4. The zero-order valence-corrected chi connectivity index (χ0v) is 12.1. The van der Waals surface area contributed by atoms with Crippen LogP contribution in [0.15, 0.2) is 66.9 Å². The number of hydrogen-bond donors (Lipinski definition) is 1. The summed E-state index contributed by atoms with van der Waals surface area (Å²) in [6, 6.07) is 19.3. The molecular weight excluding hydrogens is 272 g/mol. The average molecular weight is 288 g/mol. The number of terminal acetylenes is 1. The van der Waals surface area contributed by atoms with E-state index in [1.807, 2.05) is 71.4 Å². The maximum atomic E-state index is 10.6. The van der Waals surface area contributed by atoms with Crippen LogP contribution in [0.2, 0.25) is 0 Å². The van der Waals surface area contributed by atoms with Gasteiger partial charge in [-0.1, -0.05) is 66.6 Å². The van der Waals surface area contributed by atoms with Crippen LogP contribution in [-0.4, -0.2) is 14.7 Å². The van der Waals surface area contributed by atoms with Crippen LogP contribution in [0.4, 0.5) is 0 Å². The van der Waals surface area contributed by atoms with E-state index in [4.69, 9.17) is 6.42 Å². The van der Waals surface area contributed by atoms with E-state index in [1.54, 1.807) is 0 Å². The normalized spacial score (nSPS) is 11.8. The minimum atomic E-state index is -0.799. The molecule has 0 radical (unpaired) electrons. The van der Waals surface area contributed by atoms with E-state index in [2.05, 4.69) is 10.9 Å². The summed E-state index contributed by atoms with van der Waals surface area (Å²) in [4.78, 5) is 4.59. The fraction of sp³-hybridized carbons (Fsp3) is 0.105. The minimum Gasteiger partial charge on any atom is -0.380 e. The molecular formula is C19H16N2O. The predicted octanol–water partition coefficient (Wildman–Crippen LogP) is 3.27. The predicted molar refractivity (Wildman–Crippen MR) is 87.0 cm³/mol. The van der Waals surface area contributed by atoms with Crippen molar-refractivity contribution in [1.29, 1.82) is 0 Å². The van der Waals surface area contributed by atoms with Gasteiger partial charge in [-0.15, -0.1) is 6.42 Å². The second kappa shape index (κ2) is 6.30. The number of benzene rings is 2. The first-order chi connectivity index (χ1) is 10.8. The number of aliphatic hydroxyl groups is 1. The van der Waals surface area contributed by atoms with Crippen LogP contribution >= 0.6 is 0 Å². The average Bonchev–Trinajstić information content (AvgIpc) is 3.00. The highest BCUT2D eigenvalue weighted by Crippen LogP contribution is 2.25. The summed E-state index contributed by atoms with van der Waals surface area (Å²) in [5, 5.41) is 10.6. The van der Waals surface area contributed by atoms with Gasteiger partial charge in [0.05, 0.1) is 12.2 Å². The molecule has 1 atom stereocenters. The van der Waals surface area contributed by atoms with Gasteiger partial charge in [0, 0.05) is 11.8 Å². The van der Waals surface area contributed by atoms with Gasteiger partial charge >= 0.3 is 0 Å². The smallest absolute Gasteiger partial charge is 0.143 e. The molecule has 108 valence electrons. The molecule has 0 amide bonds. The van der Waals surface area contributed by atoms with Gasteiger partial charge < -0.3 is 9.67 Å². The third-order valence-corrected chi connectivity index (χ3v) is 3.50. The highest BCUT2D eigenvalue weighted by atomic mass is 16.3. The maximum absolute atomic E-state index is 10.6. The molecule has 1 aromatic heterocycles. The molecule has 0 fully saturated rings. The molecule has 0 saturated heterocycles. The lowest BCUT2D eigenvalue weighted by atomic mass is 10.1. The Kier molecular flexibility index (Phi) is 4.04. The summed E-state index contributed by atoms with van der Waals surface area (Å²) in [5.74, 6) is 3.17. The molecule has 1 heterocycles. The van der Waals surface area contributed by atoms with Gasteiger partial charge in [-0.05, 0) is 5.56 Å². The second-order valence-electron chi connectivity index (χ2n) is 5.00. The van der Waals surface area contributed by atoms with Crippen LogP contribution in [0, 0.1) is 12.3 Å². The van der Waals surface area contributed by atoms with Gasteiger partial charge in [-0.25, -0.2) is 4.98 Å². The number of nitrogens with zero attached hydrogens (tertiary/aromatic N) is 2. The van der Waals surface area contributed by atoms with Crippen LogP contribution in [0.1, 0.15) is 17.5 Å². The van der Waals surface area contributed by atoms with Crippen molar-refractivity contribution in [2.75, 3.05) is 0 Å². The molecule has 1 N–H and O–H groups in total. The lowest BCUT2D eigenvalue weighted by Gasteiger charge is -2.11. The summed E-state index contributed by atoms with van der Waals surface area (Å²) in [6.45, 7) is 0.374. The van der Waals surface area contributed by atoms with Gasteiger partial charge in [0.1, 0.15) is 11.9 Å². The first-order valence-electron chi connectivity index (χ1n) is 7.08. The van der Waals surface area contributed by atoms with E-state index in [0.717, 1.165) is 16.8 Å². The van der Waals surface area contributed by atoms with Gasteiger partial charge in [0.2, 0.25) is 0 Å². The van der Waals surface area contributed by atoms with E-state index in [-0.39, 0.29) is 0 Å². The SMILES string of the molecule is C#CCn1cc(-c2ccccc2)nc1[C@H](O)c1ccccc1. The third kappa shape index (κ3) is 2.78. The van der Waals surface area contributed by atoms with E-state index >= 15 is 0 Å². The van der Waals surface area contributed by atoms with Gasteiger partial charge in [0.15, 0.2) is 0 Å². The van der Waals surface area contributed by atoms with Crippen LogP contribution < -0.4 is 0 Å². The molecule has 0 aliphatic rings. The maximum Gasteiger partial charge on any atom is 0.143 e. The molecule has 0 unspecified atom stereocenters. The van der Waals surface area contributed by atoms with Gasteiger partial charge in [-0.2, -0.15) is 0 Å². The summed E-state index contributed by atoms with van der Waals surface area (Å²) in [7, 11) is 0. The van der Waals surface area contributed by atoms with Crippen LogP contribution in [0.3, 0.4) is 0 Å². The molecule has 3 rings (SSSR count). The first kappa shape index (κ1) is 14.1. The fourth-order valence-corrected chi connectivity index (χ4v) is 2.41. The highest BCUT2D eigenvalue weighted by Gasteiger charge is 2.18. The van der Waals surface area contributed by atoms with Crippen LogP contribution in [-0.2, 0) is 6.54 Å². The largest absolute Gasteiger partial charge is 0.380 e. The number of hydrogen-bond acceptors (Lipinski definition) is 2. The Balaban J connectivity index is 2.03. The van der Waals surface area contributed by atoms with E-state index in [9.17, 15) is 5.11 Å². The number of aromatic nitrogens is 2. The Hall–Kier alpha value is -2.83. The molecule has 22 heavy (non-hydrogen) atoms. The van der Waals surface area contributed by atoms with Crippen molar-refractivity contribution in [2.45, 2.75) is 12.6 Å². The van der Waals surface area contributed by atoms with E-state index < -0.39 is 6.10 Å². The van der Waals surface area contributed by atoms with Crippen molar-refractivity contribution in [3.8, 4) is 23.6 Å². The molecule has 0 bridgehead atoms. The van der Waals surface area contributed by atoms with Crippen molar-refractivity contribution in [3.05, 3.63) is 78.2 Å². The highest BCUT2D eigenvalue weighted by molar-refractivity contribution is 5.58. The Morgan fingerprint density at radius 3 is 2.32 bits per heavy atom. The summed E-state index contributed by atoms with van der Waals surface area (Å²) < 4.78 is 1.82. The molecule has 2 aromatic carbocycles. The summed E-state index contributed by atoms with van der Waals surface area (Å²) >= 11 is 0.